The van der Waals surface area contributed by atoms with Crippen LogP contribution < -0.4 is 20.1 Å². The van der Waals surface area contributed by atoms with Gasteiger partial charge in [0, 0.05) is 18.7 Å². The molecule has 160 valence electrons. The molecule has 2 aromatic carbocycles. The number of hydrogen-bond donors (Lipinski definition) is 2. The molecule has 0 aromatic heterocycles. The van der Waals surface area contributed by atoms with Crippen LogP contribution in [-0.4, -0.2) is 32.4 Å². The summed E-state index contributed by atoms with van der Waals surface area (Å²) in [4.78, 5) is 4.50. The Morgan fingerprint density at radius 3 is 2.34 bits per heavy atom. The summed E-state index contributed by atoms with van der Waals surface area (Å²) in [5, 5.41) is 6.24. The Morgan fingerprint density at radius 1 is 1.03 bits per heavy atom. The van der Waals surface area contributed by atoms with Gasteiger partial charge in [0.15, 0.2) is 12.6 Å². The second kappa shape index (κ2) is 12.4. The van der Waals surface area contributed by atoms with Gasteiger partial charge >= 0.3 is 6.18 Å². The van der Waals surface area contributed by atoms with Gasteiger partial charge in [-0.15, -0.1) is 24.0 Å². The Labute approximate surface area is 185 Å². The van der Waals surface area contributed by atoms with Gasteiger partial charge in [0.25, 0.3) is 0 Å². The molecule has 0 radical (unpaired) electrons. The van der Waals surface area contributed by atoms with Crippen molar-refractivity contribution in [2.24, 2.45) is 4.99 Å². The summed E-state index contributed by atoms with van der Waals surface area (Å²) >= 11 is 0. The number of rotatable bonds is 8. The first-order valence-corrected chi connectivity index (χ1v) is 8.84. The quantitative estimate of drug-likeness (QED) is 0.304. The third-order valence-electron chi connectivity index (χ3n) is 3.73. The lowest BCUT2D eigenvalue weighted by Gasteiger charge is -2.15. The second-order valence-electron chi connectivity index (χ2n) is 5.91. The Morgan fingerprint density at radius 2 is 1.72 bits per heavy atom. The zero-order chi connectivity index (χ0) is 20.4. The Hall–Kier alpha value is -2.17. The Balaban J connectivity index is 0.00000420. The van der Waals surface area contributed by atoms with Gasteiger partial charge in [-0.2, -0.15) is 13.2 Å². The zero-order valence-electron chi connectivity index (χ0n) is 16.3. The highest BCUT2D eigenvalue weighted by Gasteiger charge is 2.28. The van der Waals surface area contributed by atoms with Crippen LogP contribution in [0.15, 0.2) is 53.5 Å². The van der Waals surface area contributed by atoms with Gasteiger partial charge in [0.05, 0.1) is 13.7 Å². The number of aliphatic imine (C=N–C) groups is 1. The molecule has 29 heavy (non-hydrogen) atoms. The largest absolute Gasteiger partial charge is 0.497 e. The molecule has 0 aliphatic rings. The number of halogens is 4. The summed E-state index contributed by atoms with van der Waals surface area (Å²) < 4.78 is 47.3. The highest BCUT2D eigenvalue weighted by atomic mass is 127. The number of benzene rings is 2. The summed E-state index contributed by atoms with van der Waals surface area (Å²) in [5.74, 6) is 1.52. The van der Waals surface area contributed by atoms with Crippen LogP contribution in [0.2, 0.25) is 0 Å². The standard InChI is InChI=1S/C20H24F3N3O2.HI/c1-3-24-19(25-12-15-8-10-17(27-2)11-9-15)26-13-16-6-4-5-7-18(16)28-14-20(21,22)23;/h4-11H,3,12-14H2,1-2H3,(H2,24,25,26);1H. The molecular formula is C20H25F3IN3O2. The number of para-hydroxylation sites is 1. The molecule has 0 saturated carbocycles. The fourth-order valence-electron chi connectivity index (χ4n) is 2.37. The van der Waals surface area contributed by atoms with E-state index < -0.39 is 12.8 Å². The van der Waals surface area contributed by atoms with E-state index in [2.05, 4.69) is 15.6 Å². The van der Waals surface area contributed by atoms with E-state index in [0.717, 1.165) is 11.3 Å². The van der Waals surface area contributed by atoms with E-state index >= 15 is 0 Å². The van der Waals surface area contributed by atoms with E-state index in [1.54, 1.807) is 25.3 Å². The van der Waals surface area contributed by atoms with Gasteiger partial charge in [-0.05, 0) is 30.7 Å². The molecule has 5 nitrogen and oxygen atoms in total. The molecule has 2 aromatic rings. The van der Waals surface area contributed by atoms with Crippen molar-refractivity contribution in [1.82, 2.24) is 10.6 Å². The van der Waals surface area contributed by atoms with Crippen LogP contribution in [-0.2, 0) is 13.1 Å². The van der Waals surface area contributed by atoms with E-state index in [4.69, 9.17) is 9.47 Å². The number of nitrogens with zero attached hydrogens (tertiary/aromatic N) is 1. The molecule has 0 bridgehead atoms. The zero-order valence-corrected chi connectivity index (χ0v) is 18.6. The minimum absolute atomic E-state index is 0. The van der Waals surface area contributed by atoms with Crippen molar-refractivity contribution in [2.75, 3.05) is 20.3 Å². The van der Waals surface area contributed by atoms with Crippen LogP contribution in [0.4, 0.5) is 13.2 Å². The van der Waals surface area contributed by atoms with Crippen molar-refractivity contribution in [3.05, 3.63) is 59.7 Å². The first-order chi connectivity index (χ1) is 13.4. The smallest absolute Gasteiger partial charge is 0.422 e. The molecule has 0 aliphatic carbocycles. The fraction of sp³-hybridized carbons (Fsp3) is 0.350. The predicted molar refractivity (Wildman–Crippen MR) is 118 cm³/mol. The van der Waals surface area contributed by atoms with Crippen molar-refractivity contribution in [3.63, 3.8) is 0 Å². The lowest BCUT2D eigenvalue weighted by molar-refractivity contribution is -0.153. The summed E-state index contributed by atoms with van der Waals surface area (Å²) in [6.07, 6.45) is -4.38. The minimum Gasteiger partial charge on any atom is -0.497 e. The molecule has 0 amide bonds. The van der Waals surface area contributed by atoms with Gasteiger partial charge in [0.1, 0.15) is 11.5 Å². The second-order valence-corrected chi connectivity index (χ2v) is 5.91. The number of ether oxygens (including phenoxy) is 2. The van der Waals surface area contributed by atoms with Gasteiger partial charge in [0.2, 0.25) is 0 Å². The third-order valence-corrected chi connectivity index (χ3v) is 3.73. The number of nitrogens with one attached hydrogen (secondary N) is 2. The number of methoxy groups -OCH3 is 1. The molecular weight excluding hydrogens is 498 g/mol. The maximum atomic E-state index is 12.4. The summed E-state index contributed by atoms with van der Waals surface area (Å²) in [5.41, 5.74) is 1.62. The molecule has 9 heteroatoms. The fourth-order valence-corrected chi connectivity index (χ4v) is 2.37. The van der Waals surface area contributed by atoms with Gasteiger partial charge in [-0.25, -0.2) is 4.99 Å². The molecule has 0 heterocycles. The number of hydrogen-bond acceptors (Lipinski definition) is 3. The van der Waals surface area contributed by atoms with Crippen molar-refractivity contribution < 1.29 is 22.6 Å². The van der Waals surface area contributed by atoms with E-state index in [1.165, 1.54) is 6.07 Å². The van der Waals surface area contributed by atoms with E-state index in [0.29, 0.717) is 24.6 Å². The molecule has 0 aliphatic heterocycles. The topological polar surface area (TPSA) is 54.9 Å². The molecule has 0 fully saturated rings. The van der Waals surface area contributed by atoms with Crippen LogP contribution in [0, 0.1) is 0 Å². The molecule has 2 N–H and O–H groups in total. The molecule has 0 atom stereocenters. The summed E-state index contributed by atoms with van der Waals surface area (Å²) in [7, 11) is 1.61. The Kier molecular flexibility index (Phi) is 10.6. The molecule has 0 saturated heterocycles. The van der Waals surface area contributed by atoms with Crippen LogP contribution in [0.3, 0.4) is 0 Å². The molecule has 2 rings (SSSR count). The average Bonchev–Trinajstić information content (AvgIpc) is 2.69. The number of guanidine groups is 1. The summed E-state index contributed by atoms with van der Waals surface area (Å²) in [6, 6.07) is 14.2. The first kappa shape index (κ1) is 24.9. The summed E-state index contributed by atoms with van der Waals surface area (Å²) in [6.45, 7) is 2.00. The van der Waals surface area contributed by atoms with Crippen molar-refractivity contribution in [3.8, 4) is 11.5 Å². The van der Waals surface area contributed by atoms with Crippen molar-refractivity contribution >= 4 is 29.9 Å². The SMILES string of the molecule is CCNC(=NCc1ccc(OC)cc1)NCc1ccccc1OCC(F)(F)F.I. The lowest BCUT2D eigenvalue weighted by Crippen LogP contribution is -2.37. The monoisotopic (exact) mass is 523 g/mol. The van der Waals surface area contributed by atoms with Crippen LogP contribution in [0.25, 0.3) is 0 Å². The average molecular weight is 523 g/mol. The van der Waals surface area contributed by atoms with E-state index in [1.807, 2.05) is 31.2 Å². The maximum absolute atomic E-state index is 12.4. The highest BCUT2D eigenvalue weighted by molar-refractivity contribution is 14.0. The highest BCUT2D eigenvalue weighted by Crippen LogP contribution is 2.22. The molecule has 0 unspecified atom stereocenters. The van der Waals surface area contributed by atoms with Gasteiger partial charge < -0.3 is 20.1 Å². The lowest BCUT2D eigenvalue weighted by atomic mass is 10.2. The van der Waals surface area contributed by atoms with Crippen molar-refractivity contribution in [2.45, 2.75) is 26.2 Å². The number of alkyl halides is 3. The van der Waals surface area contributed by atoms with Gasteiger partial charge in [-0.1, -0.05) is 30.3 Å². The first-order valence-electron chi connectivity index (χ1n) is 8.84. The van der Waals surface area contributed by atoms with Crippen LogP contribution in [0.1, 0.15) is 18.1 Å². The predicted octanol–water partition coefficient (Wildman–Crippen LogP) is 4.51. The van der Waals surface area contributed by atoms with Gasteiger partial charge in [-0.3, -0.25) is 0 Å². The minimum atomic E-state index is -4.38. The molecule has 0 spiro atoms. The normalized spacial score (nSPS) is 11.4. The third kappa shape index (κ3) is 9.25. The van der Waals surface area contributed by atoms with Crippen LogP contribution >= 0.6 is 24.0 Å². The Bertz CT molecular complexity index is 768. The van der Waals surface area contributed by atoms with Crippen LogP contribution in [0.5, 0.6) is 11.5 Å². The maximum Gasteiger partial charge on any atom is 0.422 e. The van der Waals surface area contributed by atoms with E-state index in [-0.39, 0.29) is 36.3 Å². The van der Waals surface area contributed by atoms with E-state index in [9.17, 15) is 13.2 Å². The van der Waals surface area contributed by atoms with Crippen molar-refractivity contribution in [1.29, 1.82) is 0 Å².